The third-order valence-corrected chi connectivity index (χ3v) is 5.32. The van der Waals surface area contributed by atoms with Gasteiger partial charge in [-0.2, -0.15) is 25.3 Å². The highest BCUT2D eigenvalue weighted by Crippen LogP contribution is 2.45. The average molecular weight is 516 g/mol. The number of hydrogen-bond acceptors (Lipinski definition) is 12. The molecule has 0 bridgehead atoms. The first-order chi connectivity index (χ1) is 11.9. The molecule has 27 heavy (non-hydrogen) atoms. The van der Waals surface area contributed by atoms with Gasteiger partial charge in [0.1, 0.15) is 24.9 Å². The van der Waals surface area contributed by atoms with Crippen molar-refractivity contribution in [2.75, 3.05) is 13.2 Å². The van der Waals surface area contributed by atoms with E-state index in [4.69, 9.17) is 46.3 Å². The number of hydrogen-bond donors (Lipinski definition) is 0. The van der Waals surface area contributed by atoms with Crippen LogP contribution in [0.3, 0.4) is 0 Å². The van der Waals surface area contributed by atoms with E-state index in [0.717, 1.165) is 0 Å². The lowest BCUT2D eigenvalue weighted by atomic mass is 9.98. The minimum absolute atomic E-state index is 0.676. The molecule has 160 valence electrons. The molecule has 0 N–H and O–H groups in total. The summed E-state index contributed by atoms with van der Waals surface area (Å²) in [5, 5.41) is 0. The van der Waals surface area contributed by atoms with Crippen LogP contribution in [0.4, 0.5) is 0 Å². The molecule has 2 fully saturated rings. The van der Waals surface area contributed by atoms with E-state index in [-0.39, 0.29) is 0 Å². The maximum absolute atomic E-state index is 11.4. The Morgan fingerprint density at radius 1 is 0.963 bits per heavy atom. The van der Waals surface area contributed by atoms with Gasteiger partial charge in [0.05, 0.1) is 6.61 Å². The first-order valence-electron chi connectivity index (χ1n) is 6.78. The van der Waals surface area contributed by atoms with Crippen molar-refractivity contribution in [3.63, 3.8) is 0 Å². The lowest BCUT2D eigenvalue weighted by molar-refractivity contribution is -0.295. The molecule has 0 amide bonds. The molecule has 0 aromatic heterocycles. The fraction of sp³-hybridized carbons (Fsp3) is 1.00. The highest BCUT2D eigenvalue weighted by atomic mass is 35.7. The Morgan fingerprint density at radius 3 is 2.00 bits per heavy atom. The maximum Gasteiger partial charge on any atom is 0.356 e. The monoisotopic (exact) mass is 514 g/mol. The predicted molar refractivity (Wildman–Crippen MR) is 88.7 cm³/mol. The quantitative estimate of drug-likeness (QED) is 0.422. The average Bonchev–Trinajstić information content (AvgIpc) is 2.68. The molecule has 2 rings (SSSR count). The Kier molecular flexibility index (Phi) is 6.71. The zero-order valence-corrected chi connectivity index (χ0v) is 18.1. The van der Waals surface area contributed by atoms with Gasteiger partial charge in [0.15, 0.2) is 5.79 Å². The summed E-state index contributed by atoms with van der Waals surface area (Å²) in [7, 11) is 1.35. The van der Waals surface area contributed by atoms with E-state index in [1.54, 1.807) is 0 Å². The first-order valence-corrected chi connectivity index (χ1v) is 13.5. The summed E-state index contributed by atoms with van der Waals surface area (Å²) in [6, 6.07) is 0. The Hall–Kier alpha value is 0.480. The molecule has 2 aliphatic rings. The van der Waals surface area contributed by atoms with E-state index in [1.807, 2.05) is 0 Å². The number of rotatable bonds is 7. The Labute approximate surface area is 168 Å². The SMILES string of the molecule is CC1(C)O[C@H]2[C@H](OS(=O)(=O)Cl)[C@H](OS(=O)(=O)Cl)CO[C@@]2(COS(=O)(=O)Cl)O1. The highest BCUT2D eigenvalue weighted by Gasteiger charge is 2.64. The summed E-state index contributed by atoms with van der Waals surface area (Å²) in [6.45, 7) is 1.21. The summed E-state index contributed by atoms with van der Waals surface area (Å²) in [6.07, 6.45) is -4.97. The zero-order chi connectivity index (χ0) is 20.9. The third kappa shape index (κ3) is 6.75. The van der Waals surface area contributed by atoms with Crippen LogP contribution in [-0.4, -0.2) is 68.4 Å². The summed E-state index contributed by atoms with van der Waals surface area (Å²) in [5.41, 5.74) is 0. The van der Waals surface area contributed by atoms with Crippen molar-refractivity contribution in [1.29, 1.82) is 0 Å². The topological polar surface area (TPSA) is 158 Å². The van der Waals surface area contributed by atoms with Crippen LogP contribution >= 0.6 is 32.0 Å². The van der Waals surface area contributed by atoms with Gasteiger partial charge in [-0.15, -0.1) is 0 Å². The van der Waals surface area contributed by atoms with Crippen LogP contribution in [0.15, 0.2) is 0 Å². The molecule has 2 aliphatic heterocycles. The van der Waals surface area contributed by atoms with Crippen molar-refractivity contribution in [2.24, 2.45) is 0 Å². The lowest BCUT2D eigenvalue weighted by Gasteiger charge is -2.42. The standard InChI is InChI=1S/C9H13Cl3O12S3/c1-8(2)21-7-6(23-27(12,17)18)5(22-26(11,15)16)3-19-9(7,24-8)4-20-25(10,13)14/h5-7H,3-4H2,1-2H3/t5-,6-,7+,9+/m1/s1. The van der Waals surface area contributed by atoms with Gasteiger partial charge < -0.3 is 14.2 Å². The first kappa shape index (κ1) is 23.8. The van der Waals surface area contributed by atoms with Crippen molar-refractivity contribution < 1.29 is 52.0 Å². The van der Waals surface area contributed by atoms with E-state index in [2.05, 4.69) is 12.5 Å². The van der Waals surface area contributed by atoms with Gasteiger partial charge in [-0.25, -0.2) is 8.37 Å². The fourth-order valence-corrected chi connectivity index (χ4v) is 4.54. The third-order valence-electron chi connectivity index (χ3n) is 3.29. The second-order valence-corrected chi connectivity index (χ2v) is 12.2. The Bertz CT molecular complexity index is 884. The molecule has 2 heterocycles. The molecule has 0 saturated carbocycles. The molecule has 18 heteroatoms. The lowest BCUT2D eigenvalue weighted by Crippen LogP contribution is -2.63. The van der Waals surface area contributed by atoms with Crippen molar-refractivity contribution >= 4 is 60.0 Å². The molecular weight excluding hydrogens is 503 g/mol. The van der Waals surface area contributed by atoms with Crippen LogP contribution in [0.2, 0.25) is 0 Å². The normalized spacial score (nSPS) is 34.3. The van der Waals surface area contributed by atoms with Gasteiger partial charge in [0.25, 0.3) is 0 Å². The van der Waals surface area contributed by atoms with Crippen molar-refractivity contribution in [3.05, 3.63) is 0 Å². The van der Waals surface area contributed by atoms with E-state index in [9.17, 15) is 25.3 Å². The molecule has 0 radical (unpaired) electrons. The smallest absolute Gasteiger partial charge is 0.343 e. The molecule has 0 aromatic carbocycles. The number of fused-ring (bicyclic) bond motifs is 1. The number of ether oxygens (including phenoxy) is 3. The fourth-order valence-electron chi connectivity index (χ4n) is 2.62. The van der Waals surface area contributed by atoms with Gasteiger partial charge in [-0.05, 0) is 13.8 Å². The second kappa shape index (κ2) is 7.63. The summed E-state index contributed by atoms with van der Waals surface area (Å²) < 4.78 is 97.5. The van der Waals surface area contributed by atoms with Gasteiger partial charge >= 0.3 is 28.0 Å². The molecule has 2 saturated heterocycles. The van der Waals surface area contributed by atoms with Crippen molar-refractivity contribution in [2.45, 2.75) is 43.7 Å². The Balaban J connectivity index is 2.43. The largest absolute Gasteiger partial charge is 0.356 e. The molecule has 0 aliphatic carbocycles. The number of halogens is 3. The summed E-state index contributed by atoms with van der Waals surface area (Å²) in [5.74, 6) is -3.51. The Morgan fingerprint density at radius 2 is 1.52 bits per heavy atom. The van der Waals surface area contributed by atoms with Gasteiger partial charge in [0.2, 0.25) is 5.79 Å². The summed E-state index contributed by atoms with van der Waals surface area (Å²) >= 11 is 0. The van der Waals surface area contributed by atoms with E-state index < -0.39 is 71.1 Å². The van der Waals surface area contributed by atoms with Crippen molar-refractivity contribution in [1.82, 2.24) is 0 Å². The maximum atomic E-state index is 11.4. The molecule has 0 aromatic rings. The second-order valence-electron chi connectivity index (χ2n) is 5.80. The molecule has 0 unspecified atom stereocenters. The predicted octanol–water partition coefficient (Wildman–Crippen LogP) is 0.102. The van der Waals surface area contributed by atoms with Gasteiger partial charge in [0, 0.05) is 32.0 Å². The molecule has 0 spiro atoms. The summed E-state index contributed by atoms with van der Waals surface area (Å²) in [4.78, 5) is 0. The minimum atomic E-state index is -4.68. The highest BCUT2D eigenvalue weighted by molar-refractivity contribution is 8.10. The molecular formula is C9H13Cl3O12S3. The minimum Gasteiger partial charge on any atom is -0.343 e. The van der Waals surface area contributed by atoms with Crippen LogP contribution in [0.1, 0.15) is 13.8 Å². The van der Waals surface area contributed by atoms with Crippen LogP contribution in [0, 0.1) is 0 Å². The van der Waals surface area contributed by atoms with Gasteiger partial charge in [-0.1, -0.05) is 0 Å². The zero-order valence-electron chi connectivity index (χ0n) is 13.4. The van der Waals surface area contributed by atoms with E-state index in [1.165, 1.54) is 13.8 Å². The van der Waals surface area contributed by atoms with Crippen molar-refractivity contribution in [3.8, 4) is 0 Å². The van der Waals surface area contributed by atoms with E-state index >= 15 is 0 Å². The molecule has 12 nitrogen and oxygen atoms in total. The van der Waals surface area contributed by atoms with Crippen LogP contribution in [-0.2, 0) is 54.8 Å². The molecule has 4 atom stereocenters. The van der Waals surface area contributed by atoms with Gasteiger partial charge in [-0.3, -0.25) is 4.18 Å². The van der Waals surface area contributed by atoms with E-state index in [0.29, 0.717) is 0 Å². The van der Waals surface area contributed by atoms with Crippen LogP contribution in [0.5, 0.6) is 0 Å². The van der Waals surface area contributed by atoms with Crippen LogP contribution in [0.25, 0.3) is 0 Å². The van der Waals surface area contributed by atoms with Crippen LogP contribution < -0.4 is 0 Å².